The monoisotopic (exact) mass is 428 g/mol. The third-order valence-corrected chi connectivity index (χ3v) is 5.77. The third-order valence-electron chi connectivity index (χ3n) is 5.38. The molecule has 11 heteroatoms. The highest BCUT2D eigenvalue weighted by molar-refractivity contribution is 6.20. The van der Waals surface area contributed by atoms with Gasteiger partial charge < -0.3 is 10.1 Å². The van der Waals surface area contributed by atoms with Crippen LogP contribution in [0.5, 0.6) is 0 Å². The molecule has 3 aliphatic rings. The van der Waals surface area contributed by atoms with Crippen LogP contribution in [-0.2, 0) is 4.74 Å². The van der Waals surface area contributed by atoms with Crippen molar-refractivity contribution in [1.82, 2.24) is 31.9 Å². The summed E-state index contributed by atoms with van der Waals surface area (Å²) in [7, 11) is 0. The van der Waals surface area contributed by atoms with Crippen LogP contribution in [0.3, 0.4) is 0 Å². The van der Waals surface area contributed by atoms with Crippen molar-refractivity contribution in [1.29, 1.82) is 0 Å². The SMILES string of the molecule is FC(F)(F)COC1NC(NCC2CCCCN2)NC(NC2CCCC(Cl)C2)N1. The molecule has 2 heterocycles. The van der Waals surface area contributed by atoms with Crippen molar-refractivity contribution in [3.63, 3.8) is 0 Å². The van der Waals surface area contributed by atoms with E-state index < -0.39 is 19.1 Å². The van der Waals surface area contributed by atoms with Crippen LogP contribution < -0.4 is 31.9 Å². The molecular formula is C17H32ClF3N6O. The molecule has 2 aliphatic heterocycles. The van der Waals surface area contributed by atoms with E-state index in [1.54, 1.807) is 0 Å². The van der Waals surface area contributed by atoms with E-state index in [9.17, 15) is 13.2 Å². The van der Waals surface area contributed by atoms with Crippen LogP contribution in [0.4, 0.5) is 13.2 Å². The lowest BCUT2D eigenvalue weighted by Crippen LogP contribution is -2.76. The van der Waals surface area contributed by atoms with Crippen LogP contribution in [0, 0.1) is 0 Å². The maximum Gasteiger partial charge on any atom is 0.411 e. The van der Waals surface area contributed by atoms with Gasteiger partial charge in [0.25, 0.3) is 0 Å². The Balaban J connectivity index is 1.51. The highest BCUT2D eigenvalue weighted by atomic mass is 35.5. The molecular weight excluding hydrogens is 397 g/mol. The molecule has 28 heavy (non-hydrogen) atoms. The molecule has 0 aromatic rings. The van der Waals surface area contributed by atoms with E-state index >= 15 is 0 Å². The summed E-state index contributed by atoms with van der Waals surface area (Å²) in [6, 6.07) is 0.576. The van der Waals surface area contributed by atoms with Gasteiger partial charge in [-0.05, 0) is 38.6 Å². The molecule has 1 saturated carbocycles. The van der Waals surface area contributed by atoms with Gasteiger partial charge in [-0.1, -0.05) is 12.8 Å². The minimum atomic E-state index is -4.37. The lowest BCUT2D eigenvalue weighted by Gasteiger charge is -2.41. The zero-order valence-electron chi connectivity index (χ0n) is 16.0. The fourth-order valence-electron chi connectivity index (χ4n) is 3.98. The summed E-state index contributed by atoms with van der Waals surface area (Å²) in [6.07, 6.45) is 1.28. The smallest absolute Gasteiger partial charge is 0.340 e. The largest absolute Gasteiger partial charge is 0.411 e. The molecule has 3 fully saturated rings. The summed E-state index contributed by atoms with van der Waals surface area (Å²) < 4.78 is 42.7. The van der Waals surface area contributed by atoms with E-state index in [2.05, 4.69) is 31.9 Å². The fourth-order valence-corrected chi connectivity index (χ4v) is 4.35. The van der Waals surface area contributed by atoms with Gasteiger partial charge in [0.15, 0.2) is 6.35 Å². The molecule has 6 unspecified atom stereocenters. The highest BCUT2D eigenvalue weighted by Crippen LogP contribution is 2.23. The van der Waals surface area contributed by atoms with Gasteiger partial charge in [-0.2, -0.15) is 13.2 Å². The van der Waals surface area contributed by atoms with Gasteiger partial charge in [-0.3, -0.25) is 26.6 Å². The van der Waals surface area contributed by atoms with E-state index in [1.807, 2.05) is 0 Å². The first-order valence-electron chi connectivity index (χ1n) is 10.2. The summed E-state index contributed by atoms with van der Waals surface area (Å²) in [4.78, 5) is 0. The van der Waals surface area contributed by atoms with Crippen molar-refractivity contribution in [3.05, 3.63) is 0 Å². The Morgan fingerprint density at radius 1 is 1.00 bits per heavy atom. The van der Waals surface area contributed by atoms with Crippen LogP contribution >= 0.6 is 11.6 Å². The number of hydrogen-bond donors (Lipinski definition) is 6. The second-order valence-electron chi connectivity index (χ2n) is 7.85. The van der Waals surface area contributed by atoms with Crippen molar-refractivity contribution in [2.75, 3.05) is 19.7 Å². The van der Waals surface area contributed by atoms with Gasteiger partial charge in [0, 0.05) is 24.0 Å². The molecule has 6 atom stereocenters. The van der Waals surface area contributed by atoms with Crippen LogP contribution in [0.1, 0.15) is 44.9 Å². The standard InChI is InChI=1S/C17H32ClF3N6O/c18-11-4-3-6-12(8-11)24-15-25-14(23-9-13-5-1-2-7-22-13)26-16(27-15)28-10-17(19,20)21/h11-16,22-27H,1-10H2. The average molecular weight is 429 g/mol. The van der Waals surface area contributed by atoms with Crippen LogP contribution in [0.2, 0.25) is 0 Å². The molecule has 6 N–H and O–H groups in total. The van der Waals surface area contributed by atoms with Gasteiger partial charge in [-0.25, -0.2) is 0 Å². The summed E-state index contributed by atoms with van der Waals surface area (Å²) in [5, 5.41) is 19.7. The minimum Gasteiger partial charge on any atom is -0.340 e. The first-order valence-corrected chi connectivity index (χ1v) is 10.6. The second-order valence-corrected chi connectivity index (χ2v) is 8.47. The predicted octanol–water partition coefficient (Wildman–Crippen LogP) is 1.07. The van der Waals surface area contributed by atoms with Crippen molar-refractivity contribution in [3.8, 4) is 0 Å². The first kappa shape index (κ1) is 22.5. The zero-order valence-corrected chi connectivity index (χ0v) is 16.7. The number of alkyl halides is 4. The molecule has 1 aliphatic carbocycles. The van der Waals surface area contributed by atoms with E-state index in [0.717, 1.165) is 45.2 Å². The molecule has 0 spiro atoms. The summed E-state index contributed by atoms with van der Waals surface area (Å²) >= 11 is 6.26. The Labute approximate surface area is 169 Å². The fraction of sp³-hybridized carbons (Fsp3) is 1.00. The average Bonchev–Trinajstić information content (AvgIpc) is 2.65. The molecule has 2 saturated heterocycles. The number of nitrogens with one attached hydrogen (secondary N) is 6. The summed E-state index contributed by atoms with van der Waals surface area (Å²) in [5.41, 5.74) is 0. The Kier molecular flexibility index (Phi) is 8.61. The van der Waals surface area contributed by atoms with Crippen molar-refractivity contribution >= 4 is 11.6 Å². The van der Waals surface area contributed by atoms with Gasteiger partial charge in [-0.15, -0.1) is 11.6 Å². The Morgan fingerprint density at radius 3 is 2.54 bits per heavy atom. The van der Waals surface area contributed by atoms with E-state index in [-0.39, 0.29) is 24.0 Å². The molecule has 0 aromatic heterocycles. The molecule has 3 rings (SSSR count). The molecule has 0 aromatic carbocycles. The van der Waals surface area contributed by atoms with Gasteiger partial charge in [0.05, 0.1) is 0 Å². The Morgan fingerprint density at radius 2 is 1.82 bits per heavy atom. The Hall–Kier alpha value is -0.200. The number of hydrogen-bond acceptors (Lipinski definition) is 7. The van der Waals surface area contributed by atoms with Gasteiger partial charge >= 0.3 is 6.18 Å². The van der Waals surface area contributed by atoms with Crippen molar-refractivity contribution in [2.45, 2.75) is 87.5 Å². The molecule has 0 radical (unpaired) electrons. The van der Waals surface area contributed by atoms with Gasteiger partial charge in [0.1, 0.15) is 19.2 Å². The zero-order chi connectivity index (χ0) is 20.0. The molecule has 164 valence electrons. The van der Waals surface area contributed by atoms with Crippen molar-refractivity contribution < 1.29 is 17.9 Å². The number of ether oxygens (including phenoxy) is 1. The summed E-state index contributed by atoms with van der Waals surface area (Å²) in [5.74, 6) is 0. The Bertz CT molecular complexity index is 469. The number of rotatable bonds is 7. The minimum absolute atomic E-state index is 0.136. The second kappa shape index (κ2) is 10.7. The van der Waals surface area contributed by atoms with Crippen LogP contribution in [0.25, 0.3) is 0 Å². The lowest BCUT2D eigenvalue weighted by molar-refractivity contribution is -0.199. The topological polar surface area (TPSA) is 81.4 Å². The third kappa shape index (κ3) is 7.91. The van der Waals surface area contributed by atoms with Crippen molar-refractivity contribution in [2.24, 2.45) is 0 Å². The van der Waals surface area contributed by atoms with Crippen LogP contribution in [0.15, 0.2) is 0 Å². The van der Waals surface area contributed by atoms with E-state index in [0.29, 0.717) is 6.04 Å². The van der Waals surface area contributed by atoms with Crippen LogP contribution in [-0.4, -0.2) is 62.3 Å². The lowest BCUT2D eigenvalue weighted by atomic mass is 9.95. The quantitative estimate of drug-likeness (QED) is 0.338. The highest BCUT2D eigenvalue weighted by Gasteiger charge is 2.34. The van der Waals surface area contributed by atoms with E-state index in [1.165, 1.54) is 12.8 Å². The van der Waals surface area contributed by atoms with E-state index in [4.69, 9.17) is 16.3 Å². The molecule has 0 amide bonds. The maximum absolute atomic E-state index is 12.6. The first-order chi connectivity index (χ1) is 13.4. The van der Waals surface area contributed by atoms with Gasteiger partial charge in [0.2, 0.25) is 0 Å². The summed E-state index contributed by atoms with van der Waals surface area (Å²) in [6.45, 7) is 0.410. The normalized spacial score (nSPS) is 37.7. The maximum atomic E-state index is 12.6. The number of halogens is 4. The predicted molar refractivity (Wildman–Crippen MR) is 101 cm³/mol. The number of piperidine rings is 1. The molecule has 0 bridgehead atoms. The molecule has 7 nitrogen and oxygen atoms in total.